The van der Waals surface area contributed by atoms with E-state index >= 15 is 0 Å². The predicted octanol–water partition coefficient (Wildman–Crippen LogP) is 2.64. The van der Waals surface area contributed by atoms with Gasteiger partial charge in [0.15, 0.2) is 0 Å². The van der Waals surface area contributed by atoms with Gasteiger partial charge in [-0.3, -0.25) is 4.90 Å². The Morgan fingerprint density at radius 1 is 1.35 bits per heavy atom. The predicted molar refractivity (Wildman–Crippen MR) is 88.0 cm³/mol. The lowest BCUT2D eigenvalue weighted by atomic mass is 10.0. The van der Waals surface area contributed by atoms with Crippen LogP contribution >= 0.6 is 0 Å². The first-order chi connectivity index (χ1) is 11.2. The Morgan fingerprint density at radius 3 is 2.96 bits per heavy atom. The third-order valence-electron chi connectivity index (χ3n) is 4.86. The van der Waals surface area contributed by atoms with E-state index in [0.717, 1.165) is 44.0 Å². The minimum absolute atomic E-state index is 0.213. The molecule has 0 unspecified atom stereocenters. The molecule has 1 aliphatic heterocycles. The molecule has 5 heteroatoms. The molecule has 23 heavy (non-hydrogen) atoms. The van der Waals surface area contributed by atoms with Gasteiger partial charge in [-0.15, -0.1) is 0 Å². The summed E-state index contributed by atoms with van der Waals surface area (Å²) >= 11 is 0. The molecule has 2 heterocycles. The fraction of sp³-hybridized carbons (Fsp3) is 0.500. The molecule has 122 valence electrons. The van der Waals surface area contributed by atoms with E-state index < -0.39 is 0 Å². The fourth-order valence-electron chi connectivity index (χ4n) is 3.30. The normalized spacial score (nSPS) is 18.2. The van der Waals surface area contributed by atoms with Crippen molar-refractivity contribution in [1.82, 2.24) is 20.0 Å². The standard InChI is InChI=1S/C18H23FN4/c1-2-22-9-8-18-16(12-22)17(11-20-14-6-7-14)21-23(18)15-5-3-4-13(19)10-15/h3-5,10,14,20H,2,6-9,11-12H2,1H3. The zero-order chi connectivity index (χ0) is 15.8. The van der Waals surface area contributed by atoms with Crippen LogP contribution in [0.5, 0.6) is 0 Å². The smallest absolute Gasteiger partial charge is 0.125 e. The molecule has 0 spiro atoms. The molecule has 4 nitrogen and oxygen atoms in total. The van der Waals surface area contributed by atoms with Gasteiger partial charge in [0.05, 0.1) is 17.1 Å². The van der Waals surface area contributed by atoms with E-state index in [-0.39, 0.29) is 5.82 Å². The van der Waals surface area contributed by atoms with Crippen molar-refractivity contribution in [2.45, 2.75) is 45.3 Å². The summed E-state index contributed by atoms with van der Waals surface area (Å²) in [6.07, 6.45) is 3.51. The molecule has 1 aromatic heterocycles. The molecule has 1 fully saturated rings. The molecule has 0 saturated heterocycles. The average molecular weight is 314 g/mol. The van der Waals surface area contributed by atoms with Crippen LogP contribution in [0.25, 0.3) is 5.69 Å². The Hall–Kier alpha value is -1.72. The van der Waals surface area contributed by atoms with Crippen molar-refractivity contribution >= 4 is 0 Å². The van der Waals surface area contributed by atoms with E-state index in [9.17, 15) is 4.39 Å². The number of benzene rings is 1. The lowest BCUT2D eigenvalue weighted by Crippen LogP contribution is -2.31. The van der Waals surface area contributed by atoms with Crippen molar-refractivity contribution < 1.29 is 4.39 Å². The molecule has 2 aliphatic rings. The molecule has 1 saturated carbocycles. The van der Waals surface area contributed by atoms with Gasteiger partial charge in [0.1, 0.15) is 5.82 Å². The number of nitrogens with one attached hydrogen (secondary N) is 1. The molecule has 1 N–H and O–H groups in total. The van der Waals surface area contributed by atoms with Crippen molar-refractivity contribution in [3.8, 4) is 5.69 Å². The highest BCUT2D eigenvalue weighted by atomic mass is 19.1. The number of fused-ring (bicyclic) bond motifs is 1. The lowest BCUT2D eigenvalue weighted by molar-refractivity contribution is 0.265. The monoisotopic (exact) mass is 314 g/mol. The van der Waals surface area contributed by atoms with Crippen molar-refractivity contribution in [1.29, 1.82) is 0 Å². The van der Waals surface area contributed by atoms with Crippen LogP contribution in [0.4, 0.5) is 4.39 Å². The van der Waals surface area contributed by atoms with Crippen molar-refractivity contribution in [3.63, 3.8) is 0 Å². The van der Waals surface area contributed by atoms with Crippen molar-refractivity contribution in [2.24, 2.45) is 0 Å². The Labute approximate surface area is 136 Å². The summed E-state index contributed by atoms with van der Waals surface area (Å²) in [6, 6.07) is 7.39. The van der Waals surface area contributed by atoms with Gasteiger partial charge >= 0.3 is 0 Å². The summed E-state index contributed by atoms with van der Waals surface area (Å²) in [5.41, 5.74) is 4.52. The summed E-state index contributed by atoms with van der Waals surface area (Å²) in [6.45, 7) is 6.06. The summed E-state index contributed by atoms with van der Waals surface area (Å²) in [7, 11) is 0. The Bertz CT molecular complexity index is 705. The largest absolute Gasteiger partial charge is 0.308 e. The van der Waals surface area contributed by atoms with Crippen LogP contribution in [0.15, 0.2) is 24.3 Å². The van der Waals surface area contributed by atoms with Gasteiger partial charge < -0.3 is 5.32 Å². The number of halogens is 1. The summed E-state index contributed by atoms with van der Waals surface area (Å²) in [5.74, 6) is -0.213. The highest BCUT2D eigenvalue weighted by Gasteiger charge is 2.26. The molecule has 1 aliphatic carbocycles. The minimum atomic E-state index is -0.213. The van der Waals surface area contributed by atoms with Crippen molar-refractivity contribution in [3.05, 3.63) is 47.0 Å². The van der Waals surface area contributed by atoms with Gasteiger partial charge in [-0.05, 0) is 37.6 Å². The molecule has 1 aromatic carbocycles. The molecular weight excluding hydrogens is 291 g/mol. The first-order valence-corrected chi connectivity index (χ1v) is 8.56. The van der Waals surface area contributed by atoms with Crippen LogP contribution in [-0.4, -0.2) is 33.8 Å². The second-order valence-electron chi connectivity index (χ2n) is 6.54. The topological polar surface area (TPSA) is 33.1 Å². The van der Waals surface area contributed by atoms with E-state index in [1.165, 1.54) is 30.2 Å². The lowest BCUT2D eigenvalue weighted by Gasteiger charge is -2.26. The van der Waals surface area contributed by atoms with Crippen molar-refractivity contribution in [2.75, 3.05) is 13.1 Å². The fourth-order valence-corrected chi connectivity index (χ4v) is 3.30. The quantitative estimate of drug-likeness (QED) is 0.921. The van der Waals surface area contributed by atoms with Gasteiger partial charge in [0, 0.05) is 37.7 Å². The molecule has 4 rings (SSSR count). The molecule has 0 atom stereocenters. The molecule has 2 aromatic rings. The molecule has 0 amide bonds. The maximum Gasteiger partial charge on any atom is 0.125 e. The Kier molecular flexibility index (Phi) is 3.91. The minimum Gasteiger partial charge on any atom is -0.308 e. The maximum atomic E-state index is 13.6. The van der Waals surface area contributed by atoms with Gasteiger partial charge in [0.2, 0.25) is 0 Å². The van der Waals surface area contributed by atoms with Crippen LogP contribution in [-0.2, 0) is 19.5 Å². The highest BCUT2D eigenvalue weighted by molar-refractivity contribution is 5.39. The first-order valence-electron chi connectivity index (χ1n) is 8.56. The van der Waals surface area contributed by atoms with Crippen LogP contribution < -0.4 is 5.32 Å². The summed E-state index contributed by atoms with van der Waals surface area (Å²) in [5, 5.41) is 8.40. The average Bonchev–Trinajstić information content (AvgIpc) is 3.33. The maximum absolute atomic E-state index is 13.6. The Balaban J connectivity index is 1.71. The van der Waals surface area contributed by atoms with E-state index in [1.54, 1.807) is 12.1 Å². The third-order valence-corrected chi connectivity index (χ3v) is 4.86. The number of likely N-dealkylation sites (N-methyl/N-ethyl adjacent to an activating group) is 1. The van der Waals surface area contributed by atoms with E-state index in [1.807, 2.05) is 10.7 Å². The Morgan fingerprint density at radius 2 is 2.22 bits per heavy atom. The van der Waals surface area contributed by atoms with Gasteiger partial charge in [-0.1, -0.05) is 13.0 Å². The summed E-state index contributed by atoms with van der Waals surface area (Å²) < 4.78 is 15.6. The third kappa shape index (κ3) is 3.03. The van der Waals surface area contributed by atoms with Crippen LogP contribution in [0.1, 0.15) is 36.7 Å². The number of hydrogen-bond acceptors (Lipinski definition) is 3. The SMILES string of the molecule is CCN1CCc2c(c(CNC3CC3)nn2-c2cccc(F)c2)C1. The second-order valence-corrected chi connectivity index (χ2v) is 6.54. The number of hydrogen-bond donors (Lipinski definition) is 1. The molecular formula is C18H23FN4. The van der Waals surface area contributed by atoms with E-state index in [4.69, 9.17) is 5.10 Å². The van der Waals surface area contributed by atoms with Crippen LogP contribution in [0.3, 0.4) is 0 Å². The van der Waals surface area contributed by atoms with E-state index in [2.05, 4.69) is 17.1 Å². The van der Waals surface area contributed by atoms with Gasteiger partial charge in [-0.25, -0.2) is 9.07 Å². The summed E-state index contributed by atoms with van der Waals surface area (Å²) in [4.78, 5) is 2.44. The number of rotatable bonds is 5. The molecule has 0 bridgehead atoms. The van der Waals surface area contributed by atoms with Gasteiger partial charge in [-0.2, -0.15) is 5.10 Å². The van der Waals surface area contributed by atoms with Crippen LogP contribution in [0, 0.1) is 5.82 Å². The number of aromatic nitrogens is 2. The first kappa shape index (κ1) is 14.8. The van der Waals surface area contributed by atoms with Crippen LogP contribution in [0.2, 0.25) is 0 Å². The van der Waals surface area contributed by atoms with Gasteiger partial charge in [0.25, 0.3) is 0 Å². The second kappa shape index (κ2) is 6.06. The zero-order valence-electron chi connectivity index (χ0n) is 13.6. The number of nitrogens with zero attached hydrogens (tertiary/aromatic N) is 3. The molecule has 0 radical (unpaired) electrons. The zero-order valence-corrected chi connectivity index (χ0v) is 13.6. The van der Waals surface area contributed by atoms with E-state index in [0.29, 0.717) is 6.04 Å². The highest BCUT2D eigenvalue weighted by Crippen LogP contribution is 2.27.